The smallest absolute Gasteiger partial charge is 0.328 e. The number of benzene rings is 1. The zero-order valence-electron chi connectivity index (χ0n) is 12.1. The Balaban J connectivity index is 3.02. The fourth-order valence-electron chi connectivity index (χ4n) is 1.53. The molecule has 0 radical (unpaired) electrons. The molecule has 0 heterocycles. The lowest BCUT2D eigenvalue weighted by molar-refractivity contribution is -0.122. The van der Waals surface area contributed by atoms with Crippen molar-refractivity contribution in [2.24, 2.45) is 3.77 Å². The zero-order chi connectivity index (χ0) is 16.1. The van der Waals surface area contributed by atoms with Crippen LogP contribution in [0.3, 0.4) is 0 Å². The van der Waals surface area contributed by atoms with E-state index in [2.05, 4.69) is 13.8 Å². The van der Waals surface area contributed by atoms with Gasteiger partial charge in [0.25, 0.3) is 0 Å². The van der Waals surface area contributed by atoms with Crippen LogP contribution in [0.5, 0.6) is 0 Å². The largest absolute Gasteiger partial charge is 0.355 e. The molecular weight excluding hydrogens is 314 g/mol. The minimum absolute atomic E-state index is 0.307. The van der Waals surface area contributed by atoms with Gasteiger partial charge in [-0.25, -0.2) is 4.21 Å². The summed E-state index contributed by atoms with van der Waals surface area (Å²) >= 11 is 0. The number of hydrogen-bond acceptors (Lipinski definition) is 4. The summed E-state index contributed by atoms with van der Waals surface area (Å²) in [6.45, 7) is 3.49. The first-order valence-electron chi connectivity index (χ1n) is 6.26. The van der Waals surface area contributed by atoms with Crippen LogP contribution >= 0.6 is 0 Å². The monoisotopic (exact) mass is 333 g/mol. The van der Waals surface area contributed by atoms with Gasteiger partial charge in [-0.3, -0.25) is 4.79 Å². The van der Waals surface area contributed by atoms with E-state index in [1.165, 1.54) is 25.3 Å². The van der Waals surface area contributed by atoms with Crippen LogP contribution in [0.25, 0.3) is 0 Å². The van der Waals surface area contributed by atoms with Crippen molar-refractivity contribution in [3.05, 3.63) is 30.3 Å². The molecule has 0 saturated heterocycles. The topological polar surface area (TPSA) is 105 Å². The van der Waals surface area contributed by atoms with Crippen molar-refractivity contribution in [3.8, 4) is 0 Å². The van der Waals surface area contributed by atoms with Gasteiger partial charge in [-0.05, 0) is 26.0 Å². The average molecular weight is 333 g/mol. The summed E-state index contributed by atoms with van der Waals surface area (Å²) in [5.74, 6) is -0.474. The van der Waals surface area contributed by atoms with E-state index in [4.69, 9.17) is 0 Å². The van der Waals surface area contributed by atoms with Crippen LogP contribution in [0, 0.1) is 0 Å². The molecule has 21 heavy (non-hydrogen) atoms. The highest BCUT2D eigenvalue weighted by atomic mass is 32.3. The molecule has 118 valence electrons. The Kier molecular flexibility index (Phi) is 5.87. The van der Waals surface area contributed by atoms with E-state index in [1.807, 2.05) is 0 Å². The van der Waals surface area contributed by atoms with Gasteiger partial charge >= 0.3 is 10.2 Å². The Labute approximate surface area is 125 Å². The molecule has 1 aromatic carbocycles. The van der Waals surface area contributed by atoms with Crippen LogP contribution < -0.4 is 10.0 Å². The predicted octanol–water partition coefficient (Wildman–Crippen LogP) is 0.502. The van der Waals surface area contributed by atoms with Crippen molar-refractivity contribution in [1.29, 1.82) is 0 Å². The summed E-state index contributed by atoms with van der Waals surface area (Å²) in [6.07, 6.45) is 1.23. The summed E-state index contributed by atoms with van der Waals surface area (Å²) in [5, 5.41) is 2.48. The molecule has 7 nitrogen and oxygen atoms in total. The molecule has 0 aliphatic rings. The molecule has 1 amide bonds. The SMILES string of the molecule is CCNC(=O)C(C)NS(=O)(=O)N=S(C)(=O)c1ccccc1. The first-order valence-corrected chi connectivity index (χ1v) is 9.63. The van der Waals surface area contributed by atoms with Crippen LogP contribution in [0.15, 0.2) is 39.0 Å². The van der Waals surface area contributed by atoms with Gasteiger partial charge < -0.3 is 5.32 Å². The molecule has 0 spiro atoms. The zero-order valence-corrected chi connectivity index (χ0v) is 13.7. The molecule has 0 fully saturated rings. The van der Waals surface area contributed by atoms with Crippen molar-refractivity contribution < 1.29 is 17.4 Å². The van der Waals surface area contributed by atoms with Crippen LogP contribution in [0.2, 0.25) is 0 Å². The van der Waals surface area contributed by atoms with E-state index in [-0.39, 0.29) is 0 Å². The van der Waals surface area contributed by atoms with Crippen LogP contribution in [0.1, 0.15) is 13.8 Å². The Morgan fingerprint density at radius 2 is 1.81 bits per heavy atom. The third kappa shape index (κ3) is 5.44. The van der Waals surface area contributed by atoms with E-state index < -0.39 is 31.9 Å². The Hall–Kier alpha value is -1.45. The lowest BCUT2D eigenvalue weighted by atomic mass is 10.3. The summed E-state index contributed by atoms with van der Waals surface area (Å²) < 4.78 is 41.7. The Morgan fingerprint density at radius 3 is 2.33 bits per heavy atom. The molecule has 0 aromatic heterocycles. The average Bonchev–Trinajstić information content (AvgIpc) is 2.38. The maximum atomic E-state index is 12.4. The predicted molar refractivity (Wildman–Crippen MR) is 81.4 cm³/mol. The van der Waals surface area contributed by atoms with Gasteiger partial charge in [0.05, 0.1) is 15.8 Å². The molecule has 0 saturated carbocycles. The molecule has 0 bridgehead atoms. The molecule has 9 heteroatoms. The molecule has 2 atom stereocenters. The lowest BCUT2D eigenvalue weighted by Gasteiger charge is -2.12. The van der Waals surface area contributed by atoms with E-state index in [0.29, 0.717) is 11.4 Å². The van der Waals surface area contributed by atoms with Crippen molar-refractivity contribution >= 4 is 25.8 Å². The molecule has 0 aliphatic heterocycles. The first kappa shape index (κ1) is 17.6. The normalized spacial score (nSPS) is 15.8. The van der Waals surface area contributed by atoms with Gasteiger partial charge in [0.15, 0.2) is 0 Å². The van der Waals surface area contributed by atoms with E-state index in [9.17, 15) is 17.4 Å². The highest BCUT2D eigenvalue weighted by molar-refractivity contribution is 8.02. The minimum Gasteiger partial charge on any atom is -0.355 e. The van der Waals surface area contributed by atoms with Gasteiger partial charge in [-0.2, -0.15) is 13.1 Å². The van der Waals surface area contributed by atoms with Gasteiger partial charge in [0.1, 0.15) is 0 Å². The maximum Gasteiger partial charge on any atom is 0.328 e. The molecular formula is C12H19N3O4S2. The summed E-state index contributed by atoms with van der Waals surface area (Å²) in [5.41, 5.74) is 0. The second kappa shape index (κ2) is 7.01. The number of hydrogen-bond donors (Lipinski definition) is 2. The number of nitrogens with zero attached hydrogens (tertiary/aromatic N) is 1. The van der Waals surface area contributed by atoms with E-state index in [0.717, 1.165) is 0 Å². The molecule has 2 N–H and O–H groups in total. The first-order chi connectivity index (χ1) is 9.68. The highest BCUT2D eigenvalue weighted by Crippen LogP contribution is 2.12. The number of likely N-dealkylation sites (N-methyl/N-ethyl adjacent to an activating group) is 1. The number of rotatable bonds is 6. The van der Waals surface area contributed by atoms with E-state index in [1.54, 1.807) is 25.1 Å². The molecule has 1 rings (SSSR count). The Bertz CT molecular complexity index is 707. The number of amides is 1. The van der Waals surface area contributed by atoms with Gasteiger partial charge in [0.2, 0.25) is 5.91 Å². The summed E-state index contributed by atoms with van der Waals surface area (Å²) in [4.78, 5) is 11.8. The fraction of sp³-hybridized carbons (Fsp3) is 0.417. The van der Waals surface area contributed by atoms with Crippen molar-refractivity contribution in [2.75, 3.05) is 12.8 Å². The maximum absolute atomic E-state index is 12.4. The van der Waals surface area contributed by atoms with E-state index >= 15 is 0 Å². The third-order valence-corrected chi connectivity index (χ3v) is 6.21. The van der Waals surface area contributed by atoms with Gasteiger partial charge in [-0.1, -0.05) is 22.0 Å². The number of carbonyl (C=O) groups excluding carboxylic acids is 1. The number of carbonyl (C=O) groups is 1. The van der Waals surface area contributed by atoms with Crippen molar-refractivity contribution in [3.63, 3.8) is 0 Å². The third-order valence-electron chi connectivity index (χ3n) is 2.49. The fourth-order valence-corrected chi connectivity index (χ4v) is 4.76. The van der Waals surface area contributed by atoms with Crippen LogP contribution in [0.4, 0.5) is 0 Å². The standard InChI is InChI=1S/C12H19N3O4S2/c1-4-13-12(16)10(2)14-21(18,19)15-20(3,17)11-8-6-5-7-9-11/h5-10,14H,4H2,1-3H3,(H,13,16). The van der Waals surface area contributed by atoms with Gasteiger partial charge in [0, 0.05) is 17.7 Å². The van der Waals surface area contributed by atoms with Gasteiger partial charge in [-0.15, -0.1) is 0 Å². The molecule has 2 unspecified atom stereocenters. The second-order valence-corrected chi connectivity index (χ2v) is 8.26. The van der Waals surface area contributed by atoms with Crippen molar-refractivity contribution in [1.82, 2.24) is 10.0 Å². The lowest BCUT2D eigenvalue weighted by Crippen LogP contribution is -2.44. The summed E-state index contributed by atoms with van der Waals surface area (Å²) in [7, 11) is -7.32. The Morgan fingerprint density at radius 1 is 1.24 bits per heavy atom. The van der Waals surface area contributed by atoms with Crippen LogP contribution in [-0.2, 0) is 24.7 Å². The van der Waals surface area contributed by atoms with Crippen molar-refractivity contribution in [2.45, 2.75) is 24.8 Å². The highest BCUT2D eigenvalue weighted by Gasteiger charge is 2.21. The second-order valence-electron chi connectivity index (χ2n) is 4.40. The summed E-state index contributed by atoms with van der Waals surface area (Å²) in [6, 6.07) is 7.09. The quantitative estimate of drug-likeness (QED) is 0.791. The molecule has 1 aromatic rings. The minimum atomic E-state index is -4.21. The van der Waals surface area contributed by atoms with Crippen LogP contribution in [-0.4, -0.2) is 37.4 Å². The number of nitrogens with one attached hydrogen (secondary N) is 2. The molecule has 0 aliphatic carbocycles.